The van der Waals surface area contributed by atoms with Crippen LogP contribution in [0.5, 0.6) is 0 Å². The number of benzene rings is 1. The van der Waals surface area contributed by atoms with Crippen LogP contribution >= 0.6 is 11.6 Å². The summed E-state index contributed by atoms with van der Waals surface area (Å²) in [4.78, 5) is 25.6. The van der Waals surface area contributed by atoms with E-state index in [0.717, 1.165) is 10.9 Å². The zero-order chi connectivity index (χ0) is 15.9. The van der Waals surface area contributed by atoms with Crippen molar-refractivity contribution in [3.8, 4) is 0 Å². The topological polar surface area (TPSA) is 76.5 Å². The minimum atomic E-state index is -0.293. The van der Waals surface area contributed by atoms with Gasteiger partial charge in [0.15, 0.2) is 11.3 Å². The lowest BCUT2D eigenvalue weighted by Crippen LogP contribution is -2.41. The summed E-state index contributed by atoms with van der Waals surface area (Å²) in [7, 11) is 0. The van der Waals surface area contributed by atoms with Gasteiger partial charge in [0.25, 0.3) is 5.91 Å². The monoisotopic (exact) mass is 320 g/mol. The number of likely N-dealkylation sites (tertiary alicyclic amines) is 1. The molecular weight excluding hydrogens is 304 g/mol. The van der Waals surface area contributed by atoms with Crippen molar-refractivity contribution in [3.05, 3.63) is 34.5 Å². The molecule has 0 radical (unpaired) electrons. The third kappa shape index (κ3) is 2.46. The van der Waals surface area contributed by atoms with E-state index >= 15 is 0 Å². The number of nitrogens with zero attached hydrogens (tertiary/aromatic N) is 1. The summed E-state index contributed by atoms with van der Waals surface area (Å²) in [5.74, 6) is -0.276. The molecule has 2 N–H and O–H groups in total. The molecule has 1 aliphatic heterocycles. The molecule has 5 nitrogen and oxygen atoms in total. The second-order valence-corrected chi connectivity index (χ2v) is 6.05. The Bertz CT molecular complexity index is 745. The average Bonchev–Trinajstić information content (AvgIpc) is 2.85. The fourth-order valence-electron chi connectivity index (χ4n) is 2.92. The molecule has 1 aliphatic rings. The van der Waals surface area contributed by atoms with E-state index < -0.39 is 0 Å². The van der Waals surface area contributed by atoms with Crippen molar-refractivity contribution in [3.63, 3.8) is 0 Å². The Hall–Kier alpha value is -2.01. The molecule has 0 atom stereocenters. The lowest BCUT2D eigenvalue weighted by atomic mass is 9.96. The number of nitrogens with two attached hydrogens (primary N) is 1. The van der Waals surface area contributed by atoms with Crippen molar-refractivity contribution in [1.29, 1.82) is 0 Å². The molecule has 1 aromatic carbocycles. The first-order valence-electron chi connectivity index (χ1n) is 7.25. The number of hydrogen-bond donors (Lipinski definition) is 1. The van der Waals surface area contributed by atoms with Gasteiger partial charge in [-0.2, -0.15) is 0 Å². The lowest BCUT2D eigenvalue weighted by molar-refractivity contribution is -0.123. The zero-order valence-electron chi connectivity index (χ0n) is 12.3. The molecule has 0 bridgehead atoms. The Kier molecular flexibility index (Phi) is 3.83. The predicted molar refractivity (Wildman–Crippen MR) is 83.8 cm³/mol. The highest BCUT2D eigenvalue weighted by atomic mass is 35.5. The standard InChI is InChI=1S/C16H17ClN2O3/c1-9-11-3-2-4-12(17)14(11)22-13(9)16(21)19-7-5-10(6-8-19)15(18)20/h2-4,10H,5-8H2,1H3,(H2,18,20). The van der Waals surface area contributed by atoms with Crippen LogP contribution in [0.1, 0.15) is 29.0 Å². The fourth-order valence-corrected chi connectivity index (χ4v) is 3.14. The quantitative estimate of drug-likeness (QED) is 0.924. The lowest BCUT2D eigenvalue weighted by Gasteiger charge is -2.30. The molecule has 0 spiro atoms. The predicted octanol–water partition coefficient (Wildman–Crippen LogP) is 2.73. The number of amides is 2. The van der Waals surface area contributed by atoms with Crippen LogP contribution in [-0.4, -0.2) is 29.8 Å². The van der Waals surface area contributed by atoms with Gasteiger partial charge in [0.2, 0.25) is 5.91 Å². The number of hydrogen-bond acceptors (Lipinski definition) is 3. The average molecular weight is 321 g/mol. The molecule has 2 aromatic rings. The summed E-state index contributed by atoms with van der Waals surface area (Å²) in [5, 5.41) is 1.34. The number of para-hydroxylation sites is 1. The van der Waals surface area contributed by atoms with Gasteiger partial charge in [-0.3, -0.25) is 9.59 Å². The van der Waals surface area contributed by atoms with Gasteiger partial charge < -0.3 is 15.1 Å². The second-order valence-electron chi connectivity index (χ2n) is 5.64. The first-order valence-corrected chi connectivity index (χ1v) is 7.63. The highest BCUT2D eigenvalue weighted by Crippen LogP contribution is 2.32. The molecule has 1 saturated heterocycles. The van der Waals surface area contributed by atoms with Gasteiger partial charge in [-0.1, -0.05) is 23.7 Å². The van der Waals surface area contributed by atoms with E-state index in [1.54, 1.807) is 11.0 Å². The van der Waals surface area contributed by atoms with E-state index in [4.69, 9.17) is 21.8 Å². The molecule has 1 aromatic heterocycles. The number of carbonyl (C=O) groups excluding carboxylic acids is 2. The van der Waals surface area contributed by atoms with Crippen molar-refractivity contribution in [1.82, 2.24) is 4.90 Å². The summed E-state index contributed by atoms with van der Waals surface area (Å²) in [6.45, 7) is 2.87. The van der Waals surface area contributed by atoms with Crippen molar-refractivity contribution < 1.29 is 14.0 Å². The normalized spacial score (nSPS) is 16.2. The van der Waals surface area contributed by atoms with Crippen LogP contribution in [0.4, 0.5) is 0 Å². The van der Waals surface area contributed by atoms with Crippen LogP contribution in [0.25, 0.3) is 11.0 Å². The largest absolute Gasteiger partial charge is 0.449 e. The van der Waals surface area contributed by atoms with Crippen LogP contribution in [0.2, 0.25) is 5.02 Å². The third-order valence-electron chi connectivity index (χ3n) is 4.29. The molecule has 0 aliphatic carbocycles. The smallest absolute Gasteiger partial charge is 0.289 e. The molecule has 116 valence electrons. The van der Waals surface area contributed by atoms with Gasteiger partial charge in [0.05, 0.1) is 5.02 Å². The highest BCUT2D eigenvalue weighted by molar-refractivity contribution is 6.35. The first-order chi connectivity index (χ1) is 10.5. The molecule has 22 heavy (non-hydrogen) atoms. The maximum absolute atomic E-state index is 12.7. The van der Waals surface area contributed by atoms with E-state index in [-0.39, 0.29) is 17.7 Å². The van der Waals surface area contributed by atoms with E-state index in [1.807, 2.05) is 19.1 Å². The maximum atomic E-state index is 12.7. The van der Waals surface area contributed by atoms with Crippen LogP contribution < -0.4 is 5.73 Å². The summed E-state index contributed by atoms with van der Waals surface area (Å²) >= 11 is 6.12. The maximum Gasteiger partial charge on any atom is 0.289 e. The number of fused-ring (bicyclic) bond motifs is 1. The number of rotatable bonds is 2. The molecule has 0 unspecified atom stereocenters. The van der Waals surface area contributed by atoms with Crippen LogP contribution in [0.3, 0.4) is 0 Å². The summed E-state index contributed by atoms with van der Waals surface area (Å²) in [5.41, 5.74) is 6.65. The van der Waals surface area contributed by atoms with Gasteiger partial charge in [-0.05, 0) is 25.8 Å². The Balaban J connectivity index is 1.86. The number of primary amides is 1. The molecule has 1 fully saturated rings. The van der Waals surface area contributed by atoms with Gasteiger partial charge in [0.1, 0.15) is 0 Å². The molecule has 2 heterocycles. The first kappa shape index (κ1) is 14.9. The summed E-state index contributed by atoms with van der Waals surface area (Å²) in [6, 6.07) is 5.45. The fraction of sp³-hybridized carbons (Fsp3) is 0.375. The minimum absolute atomic E-state index is 0.143. The number of piperidine rings is 1. The third-order valence-corrected chi connectivity index (χ3v) is 4.59. The SMILES string of the molecule is Cc1c(C(=O)N2CCC(C(N)=O)CC2)oc2c(Cl)cccc12. The molecule has 0 saturated carbocycles. The zero-order valence-corrected chi connectivity index (χ0v) is 13.0. The Morgan fingerprint density at radius 2 is 2.00 bits per heavy atom. The number of halogens is 1. The molecule has 2 amide bonds. The van der Waals surface area contributed by atoms with E-state index in [0.29, 0.717) is 42.3 Å². The van der Waals surface area contributed by atoms with Gasteiger partial charge >= 0.3 is 0 Å². The van der Waals surface area contributed by atoms with Crippen molar-refractivity contribution in [2.24, 2.45) is 11.7 Å². The van der Waals surface area contributed by atoms with Crippen molar-refractivity contribution in [2.45, 2.75) is 19.8 Å². The number of furan rings is 1. The summed E-state index contributed by atoms with van der Waals surface area (Å²) < 4.78 is 5.70. The van der Waals surface area contributed by atoms with Crippen molar-refractivity contribution in [2.75, 3.05) is 13.1 Å². The molecule has 6 heteroatoms. The number of aryl methyl sites for hydroxylation is 1. The van der Waals surface area contributed by atoms with Crippen LogP contribution in [0, 0.1) is 12.8 Å². The molecular formula is C16H17ClN2O3. The Morgan fingerprint density at radius 3 is 2.59 bits per heavy atom. The van der Waals surface area contributed by atoms with Gasteiger partial charge in [-0.25, -0.2) is 0 Å². The Morgan fingerprint density at radius 1 is 1.32 bits per heavy atom. The van der Waals surface area contributed by atoms with Crippen molar-refractivity contribution >= 4 is 34.4 Å². The summed E-state index contributed by atoms with van der Waals surface area (Å²) in [6.07, 6.45) is 1.20. The minimum Gasteiger partial charge on any atom is -0.449 e. The Labute approximate surface area is 133 Å². The van der Waals surface area contributed by atoms with Crippen LogP contribution in [-0.2, 0) is 4.79 Å². The van der Waals surface area contributed by atoms with Crippen LogP contribution in [0.15, 0.2) is 22.6 Å². The second kappa shape index (κ2) is 5.65. The van der Waals surface area contributed by atoms with E-state index in [1.165, 1.54) is 0 Å². The van der Waals surface area contributed by atoms with Gasteiger partial charge in [0, 0.05) is 30.0 Å². The van der Waals surface area contributed by atoms with E-state index in [9.17, 15) is 9.59 Å². The van der Waals surface area contributed by atoms with E-state index in [2.05, 4.69) is 0 Å². The van der Waals surface area contributed by atoms with Gasteiger partial charge in [-0.15, -0.1) is 0 Å². The number of carbonyl (C=O) groups is 2. The molecule has 3 rings (SSSR count). The highest BCUT2D eigenvalue weighted by Gasteiger charge is 2.29.